The van der Waals surface area contributed by atoms with Gasteiger partial charge in [0.25, 0.3) is 5.69 Å². The molecule has 0 radical (unpaired) electrons. The predicted molar refractivity (Wildman–Crippen MR) is 97.0 cm³/mol. The predicted octanol–water partition coefficient (Wildman–Crippen LogP) is 3.12. The van der Waals surface area contributed by atoms with Crippen LogP contribution >= 0.6 is 0 Å². The van der Waals surface area contributed by atoms with Crippen LogP contribution in [-0.4, -0.2) is 41.8 Å². The molecule has 0 aliphatic carbocycles. The molecule has 2 aromatic rings. The van der Waals surface area contributed by atoms with E-state index in [1.54, 1.807) is 19.1 Å². The van der Waals surface area contributed by atoms with E-state index >= 15 is 0 Å². The number of hydrogen-bond acceptors (Lipinski definition) is 5. The average molecular weight is 339 g/mol. The van der Waals surface area contributed by atoms with Crippen molar-refractivity contribution in [1.29, 1.82) is 0 Å². The number of ketones is 1. The van der Waals surface area contributed by atoms with Crippen molar-refractivity contribution in [3.63, 3.8) is 0 Å². The summed E-state index contributed by atoms with van der Waals surface area (Å²) in [4.78, 5) is 26.5. The zero-order valence-corrected chi connectivity index (χ0v) is 14.2. The Balaban J connectivity index is 1.57. The summed E-state index contributed by atoms with van der Waals surface area (Å²) in [6.45, 7) is 5.89. The lowest BCUT2D eigenvalue weighted by Crippen LogP contribution is -2.45. The van der Waals surface area contributed by atoms with Crippen molar-refractivity contribution >= 4 is 17.2 Å². The van der Waals surface area contributed by atoms with Crippen molar-refractivity contribution in [1.82, 2.24) is 4.90 Å². The van der Waals surface area contributed by atoms with Crippen LogP contribution in [0.25, 0.3) is 0 Å². The maximum absolute atomic E-state index is 11.4. The molecule has 3 rings (SSSR count). The summed E-state index contributed by atoms with van der Waals surface area (Å²) in [6, 6.07) is 14.6. The van der Waals surface area contributed by atoms with Gasteiger partial charge < -0.3 is 4.90 Å². The number of nitro benzene ring substituents is 1. The highest BCUT2D eigenvalue weighted by molar-refractivity contribution is 5.94. The van der Waals surface area contributed by atoms with Gasteiger partial charge in [-0.2, -0.15) is 0 Å². The van der Waals surface area contributed by atoms with E-state index in [0.29, 0.717) is 0 Å². The normalized spacial score (nSPS) is 15.2. The van der Waals surface area contributed by atoms with Gasteiger partial charge in [0.15, 0.2) is 5.78 Å². The maximum Gasteiger partial charge on any atom is 0.269 e. The summed E-state index contributed by atoms with van der Waals surface area (Å²) in [7, 11) is 0. The largest absolute Gasteiger partial charge is 0.369 e. The Kier molecular flexibility index (Phi) is 5.09. The smallest absolute Gasteiger partial charge is 0.269 e. The van der Waals surface area contributed by atoms with Crippen LogP contribution in [0.3, 0.4) is 0 Å². The van der Waals surface area contributed by atoms with Gasteiger partial charge in [0.05, 0.1) is 4.92 Å². The Morgan fingerprint density at radius 2 is 1.76 bits per heavy atom. The topological polar surface area (TPSA) is 66.7 Å². The summed E-state index contributed by atoms with van der Waals surface area (Å²) in [5, 5.41) is 10.9. The van der Waals surface area contributed by atoms with Gasteiger partial charge in [-0.05, 0) is 36.8 Å². The third-order valence-corrected chi connectivity index (χ3v) is 4.54. The summed E-state index contributed by atoms with van der Waals surface area (Å²) in [5.74, 6) is 0.0772. The molecule has 0 aromatic heterocycles. The number of hydrogen-bond donors (Lipinski definition) is 0. The maximum atomic E-state index is 11.4. The number of anilines is 1. The molecule has 6 nitrogen and oxygen atoms in total. The first-order valence-corrected chi connectivity index (χ1v) is 8.34. The molecule has 1 fully saturated rings. The lowest BCUT2D eigenvalue weighted by atomic mass is 10.1. The van der Waals surface area contributed by atoms with Gasteiger partial charge in [-0.3, -0.25) is 19.8 Å². The number of nitro groups is 1. The standard InChI is InChI=1S/C19H21N3O3/c1-15(23)17-5-7-18(8-6-17)21-11-9-20(10-12-21)14-16-3-2-4-19(13-16)22(24)25/h2-8,13H,9-12,14H2,1H3. The van der Waals surface area contributed by atoms with Crippen LogP contribution < -0.4 is 4.90 Å². The van der Waals surface area contributed by atoms with Gasteiger partial charge in [0, 0.05) is 56.1 Å². The molecule has 25 heavy (non-hydrogen) atoms. The molecular weight excluding hydrogens is 318 g/mol. The lowest BCUT2D eigenvalue weighted by molar-refractivity contribution is -0.384. The van der Waals surface area contributed by atoms with E-state index in [2.05, 4.69) is 9.80 Å². The van der Waals surface area contributed by atoms with Crippen molar-refractivity contribution in [2.45, 2.75) is 13.5 Å². The van der Waals surface area contributed by atoms with Gasteiger partial charge in [0.2, 0.25) is 0 Å². The minimum atomic E-state index is -0.355. The fourth-order valence-electron chi connectivity index (χ4n) is 3.10. The number of rotatable bonds is 5. The molecule has 1 aliphatic heterocycles. The second kappa shape index (κ2) is 7.44. The third-order valence-electron chi connectivity index (χ3n) is 4.54. The Hall–Kier alpha value is -2.73. The Bertz CT molecular complexity index is 766. The van der Waals surface area contributed by atoms with E-state index in [0.717, 1.165) is 49.5 Å². The summed E-state index contributed by atoms with van der Waals surface area (Å²) in [5.41, 5.74) is 2.96. The summed E-state index contributed by atoms with van der Waals surface area (Å²) >= 11 is 0. The number of carbonyl (C=O) groups excluding carboxylic acids is 1. The van der Waals surface area contributed by atoms with Gasteiger partial charge >= 0.3 is 0 Å². The fraction of sp³-hybridized carbons (Fsp3) is 0.316. The first-order chi connectivity index (χ1) is 12.0. The second-order valence-corrected chi connectivity index (χ2v) is 6.29. The minimum Gasteiger partial charge on any atom is -0.369 e. The number of Topliss-reactive ketones (excluding diaryl/α,β-unsaturated/α-hetero) is 1. The van der Waals surface area contributed by atoms with E-state index in [1.807, 2.05) is 30.3 Å². The van der Waals surface area contributed by atoms with Crippen LogP contribution in [0.2, 0.25) is 0 Å². The Morgan fingerprint density at radius 3 is 2.36 bits per heavy atom. The van der Waals surface area contributed by atoms with E-state index < -0.39 is 0 Å². The minimum absolute atomic E-state index is 0.0772. The van der Waals surface area contributed by atoms with Crippen LogP contribution in [0, 0.1) is 10.1 Å². The molecule has 0 amide bonds. The van der Waals surface area contributed by atoms with Crippen LogP contribution in [-0.2, 0) is 6.54 Å². The second-order valence-electron chi connectivity index (χ2n) is 6.29. The van der Waals surface area contributed by atoms with Crippen LogP contribution in [0.5, 0.6) is 0 Å². The zero-order chi connectivity index (χ0) is 17.8. The number of benzene rings is 2. The number of non-ortho nitro benzene ring substituents is 1. The van der Waals surface area contributed by atoms with Crippen molar-refractivity contribution in [2.24, 2.45) is 0 Å². The monoisotopic (exact) mass is 339 g/mol. The molecule has 0 N–H and O–H groups in total. The van der Waals surface area contributed by atoms with E-state index in [-0.39, 0.29) is 16.4 Å². The quantitative estimate of drug-likeness (QED) is 0.476. The zero-order valence-electron chi connectivity index (χ0n) is 14.2. The van der Waals surface area contributed by atoms with Gasteiger partial charge in [-0.15, -0.1) is 0 Å². The van der Waals surface area contributed by atoms with Gasteiger partial charge in [-0.1, -0.05) is 12.1 Å². The van der Waals surface area contributed by atoms with Crippen molar-refractivity contribution in [3.05, 3.63) is 69.8 Å². The Morgan fingerprint density at radius 1 is 1.08 bits per heavy atom. The highest BCUT2D eigenvalue weighted by Crippen LogP contribution is 2.19. The SMILES string of the molecule is CC(=O)c1ccc(N2CCN(Cc3cccc([N+](=O)[O-])c3)CC2)cc1. The molecule has 1 aliphatic rings. The van der Waals surface area contributed by atoms with Crippen LogP contribution in [0.4, 0.5) is 11.4 Å². The first-order valence-electron chi connectivity index (χ1n) is 8.34. The molecular formula is C19H21N3O3. The van der Waals surface area contributed by atoms with Crippen molar-refractivity contribution < 1.29 is 9.72 Å². The van der Waals surface area contributed by atoms with E-state index in [1.165, 1.54) is 6.07 Å². The molecule has 2 aromatic carbocycles. The van der Waals surface area contributed by atoms with Crippen LogP contribution in [0.15, 0.2) is 48.5 Å². The van der Waals surface area contributed by atoms with E-state index in [9.17, 15) is 14.9 Å². The first kappa shape index (κ1) is 17.1. The summed E-state index contributed by atoms with van der Waals surface area (Å²) < 4.78 is 0. The molecule has 0 saturated carbocycles. The molecule has 1 saturated heterocycles. The number of carbonyl (C=O) groups is 1. The molecule has 6 heteroatoms. The lowest BCUT2D eigenvalue weighted by Gasteiger charge is -2.36. The molecule has 0 unspecified atom stereocenters. The third kappa shape index (κ3) is 4.22. The Labute approximate surface area is 146 Å². The average Bonchev–Trinajstić information content (AvgIpc) is 2.63. The molecule has 0 bridgehead atoms. The number of piperazine rings is 1. The van der Waals surface area contributed by atoms with Crippen molar-refractivity contribution in [3.8, 4) is 0 Å². The summed E-state index contributed by atoms with van der Waals surface area (Å²) in [6.07, 6.45) is 0. The van der Waals surface area contributed by atoms with Gasteiger partial charge in [0.1, 0.15) is 0 Å². The highest BCUT2D eigenvalue weighted by atomic mass is 16.6. The van der Waals surface area contributed by atoms with Gasteiger partial charge in [-0.25, -0.2) is 0 Å². The molecule has 1 heterocycles. The van der Waals surface area contributed by atoms with E-state index in [4.69, 9.17) is 0 Å². The highest BCUT2D eigenvalue weighted by Gasteiger charge is 2.18. The fourth-order valence-corrected chi connectivity index (χ4v) is 3.10. The molecule has 130 valence electrons. The number of nitrogens with zero attached hydrogens (tertiary/aromatic N) is 3. The van der Waals surface area contributed by atoms with Crippen LogP contribution in [0.1, 0.15) is 22.8 Å². The molecule has 0 spiro atoms. The van der Waals surface area contributed by atoms with Crippen molar-refractivity contribution in [2.75, 3.05) is 31.1 Å². The molecule has 0 atom stereocenters.